The second-order valence-electron chi connectivity index (χ2n) is 5.26. The molecular formula is C17H21NO3. The van der Waals surface area contributed by atoms with Crippen LogP contribution in [0.15, 0.2) is 36.4 Å². The molecule has 0 unspecified atom stereocenters. The van der Waals surface area contributed by atoms with Gasteiger partial charge in [0.15, 0.2) is 0 Å². The normalized spacial score (nSPS) is 16.7. The Bertz CT molecular complexity index is 519. The van der Waals surface area contributed by atoms with Crippen molar-refractivity contribution in [3.8, 4) is 0 Å². The Morgan fingerprint density at radius 1 is 1.29 bits per heavy atom. The number of hydrogen-bond acceptors (Lipinski definition) is 3. The molecule has 0 bridgehead atoms. The molecule has 1 N–H and O–H groups in total. The third kappa shape index (κ3) is 4.74. The lowest BCUT2D eigenvalue weighted by Crippen LogP contribution is -2.27. The maximum Gasteiger partial charge on any atom is 0.337 e. The highest BCUT2D eigenvalue weighted by Gasteiger charge is 2.13. The molecule has 21 heavy (non-hydrogen) atoms. The summed E-state index contributed by atoms with van der Waals surface area (Å²) < 4.78 is 4.65. The number of amides is 1. The second-order valence-corrected chi connectivity index (χ2v) is 5.26. The number of carbonyl (C=O) groups excluding carboxylic acids is 2. The van der Waals surface area contributed by atoms with Gasteiger partial charge in [-0.15, -0.1) is 0 Å². The summed E-state index contributed by atoms with van der Waals surface area (Å²) >= 11 is 0. The summed E-state index contributed by atoms with van der Waals surface area (Å²) in [5.74, 6) is 0.182. The zero-order chi connectivity index (χ0) is 15.1. The van der Waals surface area contributed by atoms with Gasteiger partial charge in [-0.05, 0) is 42.9 Å². The lowest BCUT2D eigenvalue weighted by atomic mass is 10.0. The molecule has 0 saturated carbocycles. The number of benzene rings is 1. The van der Waals surface area contributed by atoms with Gasteiger partial charge in [0.25, 0.3) is 0 Å². The molecule has 0 saturated heterocycles. The first kappa shape index (κ1) is 15.3. The number of allylic oxidation sites excluding steroid dienone is 2. The van der Waals surface area contributed by atoms with Crippen LogP contribution in [0.1, 0.15) is 35.2 Å². The van der Waals surface area contributed by atoms with Crippen LogP contribution in [-0.4, -0.2) is 25.5 Å². The van der Waals surface area contributed by atoms with Gasteiger partial charge in [-0.25, -0.2) is 4.79 Å². The van der Waals surface area contributed by atoms with Crippen LogP contribution >= 0.6 is 0 Å². The predicted molar refractivity (Wildman–Crippen MR) is 81.0 cm³/mol. The minimum atomic E-state index is -0.334. The van der Waals surface area contributed by atoms with Gasteiger partial charge in [0.1, 0.15) is 0 Å². The number of rotatable bonds is 6. The molecule has 1 aromatic rings. The van der Waals surface area contributed by atoms with E-state index >= 15 is 0 Å². The van der Waals surface area contributed by atoms with Crippen molar-refractivity contribution in [2.24, 2.45) is 5.92 Å². The van der Waals surface area contributed by atoms with Crippen molar-refractivity contribution in [3.05, 3.63) is 47.5 Å². The van der Waals surface area contributed by atoms with Crippen LogP contribution in [0, 0.1) is 5.92 Å². The number of methoxy groups -OCH3 is 1. The molecule has 4 heteroatoms. The van der Waals surface area contributed by atoms with Gasteiger partial charge in [-0.2, -0.15) is 0 Å². The monoisotopic (exact) mass is 287 g/mol. The first-order valence-electron chi connectivity index (χ1n) is 7.29. The average Bonchev–Trinajstić information content (AvgIpc) is 3.00. The van der Waals surface area contributed by atoms with Gasteiger partial charge >= 0.3 is 5.97 Å². The summed E-state index contributed by atoms with van der Waals surface area (Å²) in [5.41, 5.74) is 1.63. The molecule has 1 aliphatic rings. The van der Waals surface area contributed by atoms with E-state index in [9.17, 15) is 9.59 Å². The second kappa shape index (κ2) is 7.62. The molecule has 1 atom stereocenters. The van der Waals surface area contributed by atoms with Crippen molar-refractivity contribution in [2.45, 2.75) is 25.7 Å². The Hall–Kier alpha value is -2.10. The van der Waals surface area contributed by atoms with Gasteiger partial charge in [-0.1, -0.05) is 24.3 Å². The Morgan fingerprint density at radius 2 is 2.05 bits per heavy atom. The van der Waals surface area contributed by atoms with E-state index in [1.807, 2.05) is 12.1 Å². The van der Waals surface area contributed by atoms with E-state index in [-0.39, 0.29) is 11.9 Å². The number of esters is 1. The first-order valence-corrected chi connectivity index (χ1v) is 7.29. The molecule has 2 rings (SSSR count). The smallest absolute Gasteiger partial charge is 0.337 e. The summed E-state index contributed by atoms with van der Waals surface area (Å²) in [7, 11) is 1.37. The highest BCUT2D eigenvalue weighted by Crippen LogP contribution is 2.19. The van der Waals surface area contributed by atoms with E-state index in [4.69, 9.17) is 0 Å². The van der Waals surface area contributed by atoms with E-state index in [1.54, 1.807) is 12.1 Å². The maximum atomic E-state index is 11.8. The fourth-order valence-corrected chi connectivity index (χ4v) is 2.45. The fraction of sp³-hybridized carbons (Fsp3) is 0.412. The van der Waals surface area contributed by atoms with Crippen LogP contribution in [-0.2, 0) is 16.0 Å². The van der Waals surface area contributed by atoms with Crippen LogP contribution in [0.5, 0.6) is 0 Å². The highest BCUT2D eigenvalue weighted by molar-refractivity contribution is 5.89. The van der Waals surface area contributed by atoms with Crippen molar-refractivity contribution in [3.63, 3.8) is 0 Å². The summed E-state index contributed by atoms with van der Waals surface area (Å²) in [6, 6.07) is 7.26. The third-order valence-corrected chi connectivity index (χ3v) is 3.67. The molecule has 0 aromatic heterocycles. The van der Waals surface area contributed by atoms with E-state index in [0.29, 0.717) is 24.4 Å². The molecule has 1 aliphatic carbocycles. The van der Waals surface area contributed by atoms with Crippen LogP contribution in [0.3, 0.4) is 0 Å². The molecule has 112 valence electrons. The minimum Gasteiger partial charge on any atom is -0.465 e. The predicted octanol–water partition coefficient (Wildman–Crippen LogP) is 2.49. The van der Waals surface area contributed by atoms with Crippen molar-refractivity contribution in [2.75, 3.05) is 13.7 Å². The molecule has 1 amide bonds. The van der Waals surface area contributed by atoms with Crippen LogP contribution < -0.4 is 5.32 Å². The van der Waals surface area contributed by atoms with Gasteiger partial charge in [0.2, 0.25) is 5.91 Å². The highest BCUT2D eigenvalue weighted by atomic mass is 16.5. The molecule has 0 aliphatic heterocycles. The molecular weight excluding hydrogens is 266 g/mol. The quantitative estimate of drug-likeness (QED) is 0.646. The van der Waals surface area contributed by atoms with E-state index < -0.39 is 0 Å². The summed E-state index contributed by atoms with van der Waals surface area (Å²) in [5, 5.41) is 2.94. The standard InChI is InChI=1S/C17H21NO3/c1-21-17(20)15-8-6-13(7-9-15)10-11-18-16(19)12-14-4-2-3-5-14/h2,4,6-9,14H,3,5,10-12H2,1H3,(H,18,19)/t14-/m0/s1. The van der Waals surface area contributed by atoms with E-state index in [2.05, 4.69) is 22.2 Å². The number of carbonyl (C=O) groups is 2. The van der Waals surface area contributed by atoms with Gasteiger partial charge < -0.3 is 10.1 Å². The van der Waals surface area contributed by atoms with E-state index in [1.165, 1.54) is 7.11 Å². The zero-order valence-corrected chi connectivity index (χ0v) is 12.3. The topological polar surface area (TPSA) is 55.4 Å². The Labute approximate surface area is 125 Å². The lowest BCUT2D eigenvalue weighted by Gasteiger charge is -2.09. The summed E-state index contributed by atoms with van der Waals surface area (Å²) in [6.07, 6.45) is 7.78. The lowest BCUT2D eigenvalue weighted by molar-refractivity contribution is -0.121. The average molecular weight is 287 g/mol. The minimum absolute atomic E-state index is 0.109. The fourth-order valence-electron chi connectivity index (χ4n) is 2.45. The Morgan fingerprint density at radius 3 is 2.67 bits per heavy atom. The molecule has 1 aromatic carbocycles. The first-order chi connectivity index (χ1) is 10.2. The molecule has 0 fully saturated rings. The van der Waals surface area contributed by atoms with Gasteiger partial charge in [-0.3, -0.25) is 4.79 Å². The Kier molecular flexibility index (Phi) is 5.55. The third-order valence-electron chi connectivity index (χ3n) is 3.67. The van der Waals surface area contributed by atoms with Gasteiger partial charge in [0, 0.05) is 13.0 Å². The maximum absolute atomic E-state index is 11.8. The SMILES string of the molecule is COC(=O)c1ccc(CCNC(=O)C[C@H]2C=CCC2)cc1. The van der Waals surface area contributed by atoms with E-state index in [0.717, 1.165) is 24.8 Å². The van der Waals surface area contributed by atoms with Crippen molar-refractivity contribution >= 4 is 11.9 Å². The number of hydrogen-bond donors (Lipinski definition) is 1. The summed E-state index contributed by atoms with van der Waals surface area (Å²) in [4.78, 5) is 23.1. The Balaban J connectivity index is 1.71. The molecule has 0 radical (unpaired) electrons. The number of ether oxygens (including phenoxy) is 1. The molecule has 0 spiro atoms. The van der Waals surface area contributed by atoms with Crippen molar-refractivity contribution in [1.29, 1.82) is 0 Å². The van der Waals surface area contributed by atoms with Crippen molar-refractivity contribution < 1.29 is 14.3 Å². The van der Waals surface area contributed by atoms with Gasteiger partial charge in [0.05, 0.1) is 12.7 Å². The largest absolute Gasteiger partial charge is 0.465 e. The van der Waals surface area contributed by atoms with Crippen LogP contribution in [0.4, 0.5) is 0 Å². The number of nitrogens with one attached hydrogen (secondary N) is 1. The van der Waals surface area contributed by atoms with Crippen molar-refractivity contribution in [1.82, 2.24) is 5.32 Å². The molecule has 0 heterocycles. The van der Waals surface area contributed by atoms with Crippen LogP contribution in [0.2, 0.25) is 0 Å². The summed E-state index contributed by atoms with van der Waals surface area (Å²) in [6.45, 7) is 0.618. The molecule has 4 nitrogen and oxygen atoms in total. The van der Waals surface area contributed by atoms with Crippen LogP contribution in [0.25, 0.3) is 0 Å². The zero-order valence-electron chi connectivity index (χ0n) is 12.3.